The highest BCUT2D eigenvalue weighted by molar-refractivity contribution is 5.92. The summed E-state index contributed by atoms with van der Waals surface area (Å²) in [5, 5.41) is 9.76. The van der Waals surface area contributed by atoms with Crippen LogP contribution in [0.1, 0.15) is 63.6 Å². The van der Waals surface area contributed by atoms with Crippen LogP contribution in [0, 0.1) is 0 Å². The van der Waals surface area contributed by atoms with Gasteiger partial charge in [-0.2, -0.15) is 0 Å². The summed E-state index contributed by atoms with van der Waals surface area (Å²) >= 11 is 0. The van der Waals surface area contributed by atoms with Gasteiger partial charge >= 0.3 is 11.9 Å². The fraction of sp³-hybridized carbons (Fsp3) is 0.312. The van der Waals surface area contributed by atoms with Crippen LogP contribution in [0.2, 0.25) is 0 Å². The minimum Gasteiger partial charge on any atom is -0.496 e. The van der Waals surface area contributed by atoms with Crippen molar-refractivity contribution in [2.75, 3.05) is 26.2 Å². The molecule has 202 valence electrons. The van der Waals surface area contributed by atoms with Crippen molar-refractivity contribution < 1.29 is 28.9 Å². The third-order valence-electron chi connectivity index (χ3n) is 7.84. The van der Waals surface area contributed by atoms with Gasteiger partial charge in [0.25, 0.3) is 0 Å². The molecule has 3 aromatic rings. The molecular formula is C32H33NO6. The second-order valence-electron chi connectivity index (χ2n) is 9.95. The molecule has 7 nitrogen and oxygen atoms in total. The van der Waals surface area contributed by atoms with Gasteiger partial charge in [-0.15, -0.1) is 0 Å². The van der Waals surface area contributed by atoms with Gasteiger partial charge in [-0.3, -0.25) is 0 Å². The van der Waals surface area contributed by atoms with Gasteiger partial charge in [0.15, 0.2) is 5.60 Å². The first kappa shape index (κ1) is 26.4. The number of likely N-dealkylation sites (N-methyl/N-ethyl adjacent to an activating group) is 1. The number of anilines is 1. The van der Waals surface area contributed by atoms with E-state index >= 15 is 0 Å². The van der Waals surface area contributed by atoms with E-state index in [4.69, 9.17) is 14.2 Å². The molecule has 1 aliphatic heterocycles. The first-order valence-corrected chi connectivity index (χ1v) is 13.2. The summed E-state index contributed by atoms with van der Waals surface area (Å²) in [5.74, 6) is -0.0599. The van der Waals surface area contributed by atoms with Crippen LogP contribution >= 0.6 is 0 Å². The van der Waals surface area contributed by atoms with Crippen LogP contribution in [0.5, 0.6) is 11.5 Å². The molecule has 0 bridgehead atoms. The molecule has 7 heteroatoms. The number of benzene rings is 3. The van der Waals surface area contributed by atoms with Crippen molar-refractivity contribution >= 4 is 23.2 Å². The number of allylic oxidation sites excluding steroid dienone is 1. The largest absolute Gasteiger partial charge is 0.496 e. The second-order valence-corrected chi connectivity index (χ2v) is 9.95. The summed E-state index contributed by atoms with van der Waals surface area (Å²) < 4.78 is 17.8. The third kappa shape index (κ3) is 4.32. The highest BCUT2D eigenvalue weighted by atomic mass is 16.5. The van der Waals surface area contributed by atoms with Gasteiger partial charge in [0.2, 0.25) is 0 Å². The summed E-state index contributed by atoms with van der Waals surface area (Å²) in [5.41, 5.74) is 4.52. The predicted molar refractivity (Wildman–Crippen MR) is 150 cm³/mol. The molecule has 2 unspecified atom stereocenters. The lowest BCUT2D eigenvalue weighted by atomic mass is 9.73. The average Bonchev–Trinajstić information content (AvgIpc) is 3.19. The number of carbonyl (C=O) groups is 2. The predicted octanol–water partition coefficient (Wildman–Crippen LogP) is 6.10. The Kier molecular flexibility index (Phi) is 7.08. The van der Waals surface area contributed by atoms with E-state index in [0.29, 0.717) is 11.3 Å². The van der Waals surface area contributed by atoms with Gasteiger partial charge in [-0.05, 0) is 61.2 Å². The van der Waals surface area contributed by atoms with E-state index in [9.17, 15) is 14.7 Å². The van der Waals surface area contributed by atoms with Crippen LogP contribution in [0.15, 0.2) is 66.7 Å². The van der Waals surface area contributed by atoms with E-state index < -0.39 is 17.5 Å². The van der Waals surface area contributed by atoms with Crippen molar-refractivity contribution in [1.82, 2.24) is 0 Å². The Hall–Kier alpha value is -4.26. The summed E-state index contributed by atoms with van der Waals surface area (Å²) in [6.07, 6.45) is 5.57. The van der Waals surface area contributed by atoms with Crippen molar-refractivity contribution in [2.24, 2.45) is 0 Å². The van der Waals surface area contributed by atoms with E-state index in [0.717, 1.165) is 59.4 Å². The molecule has 0 saturated carbocycles. The summed E-state index contributed by atoms with van der Waals surface area (Å²) in [7, 11) is 5.04. The normalized spacial score (nSPS) is 19.5. The number of hydrogen-bond acceptors (Lipinski definition) is 6. The molecule has 39 heavy (non-hydrogen) atoms. The van der Waals surface area contributed by atoms with Gasteiger partial charge in [0.1, 0.15) is 11.5 Å². The zero-order valence-corrected chi connectivity index (χ0v) is 22.7. The molecule has 3 aromatic carbocycles. The van der Waals surface area contributed by atoms with Crippen LogP contribution in [-0.4, -0.2) is 44.4 Å². The number of rotatable bonds is 8. The highest BCUT2D eigenvalue weighted by Crippen LogP contribution is 2.56. The van der Waals surface area contributed by atoms with Gasteiger partial charge < -0.3 is 24.2 Å². The first-order valence-electron chi connectivity index (χ1n) is 13.2. The maximum absolute atomic E-state index is 12.4. The van der Waals surface area contributed by atoms with Crippen molar-refractivity contribution in [2.45, 2.75) is 44.2 Å². The zero-order chi connectivity index (χ0) is 27.7. The van der Waals surface area contributed by atoms with E-state index in [1.54, 1.807) is 37.4 Å². The standard InChI is InChI=1S/C32H33NO6/c1-5-9-29-32(39-22-11-6-10-21(18-22)31(36)38-4,26-17-16-20(30(34)35)19-27(26)33(29)2)25-14-7-13-24-23(25)12-8-15-28(24)37-3/h6,8,10-12,14-19,29H,5,7,9,13H2,1-4H3,(H,34,35). The minimum absolute atomic E-state index is 0.147. The Morgan fingerprint density at radius 2 is 1.85 bits per heavy atom. The molecule has 1 N–H and O–H groups in total. The van der Waals surface area contributed by atoms with Crippen LogP contribution < -0.4 is 14.4 Å². The van der Waals surface area contributed by atoms with Crippen LogP contribution in [-0.2, 0) is 16.8 Å². The fourth-order valence-corrected chi connectivity index (χ4v) is 6.14. The van der Waals surface area contributed by atoms with E-state index in [1.807, 2.05) is 31.3 Å². The summed E-state index contributed by atoms with van der Waals surface area (Å²) in [4.78, 5) is 26.4. The number of ether oxygens (including phenoxy) is 3. The van der Waals surface area contributed by atoms with Crippen molar-refractivity contribution in [3.8, 4) is 11.5 Å². The summed E-state index contributed by atoms with van der Waals surface area (Å²) in [6, 6.07) is 18.2. The Morgan fingerprint density at radius 1 is 1.05 bits per heavy atom. The van der Waals surface area contributed by atoms with Gasteiger partial charge in [0.05, 0.1) is 31.4 Å². The fourth-order valence-electron chi connectivity index (χ4n) is 6.14. The van der Waals surface area contributed by atoms with Crippen molar-refractivity contribution in [3.63, 3.8) is 0 Å². The molecule has 5 rings (SSSR count). The van der Waals surface area contributed by atoms with E-state index in [1.165, 1.54) is 7.11 Å². The zero-order valence-electron chi connectivity index (χ0n) is 22.7. The summed E-state index contributed by atoms with van der Waals surface area (Å²) in [6.45, 7) is 2.13. The molecule has 2 aliphatic rings. The maximum Gasteiger partial charge on any atom is 0.337 e. The van der Waals surface area contributed by atoms with E-state index in [2.05, 4.69) is 24.0 Å². The Balaban J connectivity index is 1.79. The molecule has 1 aliphatic carbocycles. The number of fused-ring (bicyclic) bond motifs is 2. The number of esters is 1. The molecule has 2 atom stereocenters. The number of carboxylic acids is 1. The number of methoxy groups -OCH3 is 2. The molecule has 0 fully saturated rings. The van der Waals surface area contributed by atoms with Crippen molar-refractivity contribution in [3.05, 3.63) is 94.6 Å². The maximum atomic E-state index is 12.4. The second kappa shape index (κ2) is 10.5. The third-order valence-corrected chi connectivity index (χ3v) is 7.84. The Morgan fingerprint density at radius 3 is 2.56 bits per heavy atom. The van der Waals surface area contributed by atoms with E-state index in [-0.39, 0.29) is 11.6 Å². The van der Waals surface area contributed by atoms with Gasteiger partial charge in [-0.1, -0.05) is 43.7 Å². The quantitative estimate of drug-likeness (QED) is 0.354. The number of hydrogen-bond donors (Lipinski definition) is 1. The van der Waals surface area contributed by atoms with Crippen LogP contribution in [0.3, 0.4) is 0 Å². The number of nitrogens with zero attached hydrogens (tertiary/aromatic N) is 1. The average molecular weight is 528 g/mol. The molecule has 0 aromatic heterocycles. The van der Waals surface area contributed by atoms with Crippen LogP contribution in [0.4, 0.5) is 5.69 Å². The lowest BCUT2D eigenvalue weighted by Gasteiger charge is -2.42. The molecule has 1 heterocycles. The topological polar surface area (TPSA) is 85.3 Å². The SMILES string of the molecule is CCCC1N(C)c2cc(C(=O)O)ccc2C1(Oc1cccc(C(=O)OC)c1)C1=CCCc2c(OC)cccc21. The Bertz CT molecular complexity index is 1460. The molecule has 0 amide bonds. The van der Waals surface area contributed by atoms with Gasteiger partial charge in [0, 0.05) is 29.4 Å². The first-order chi connectivity index (χ1) is 18.8. The molecular weight excluding hydrogens is 494 g/mol. The lowest BCUT2D eigenvalue weighted by Crippen LogP contribution is -2.48. The monoisotopic (exact) mass is 527 g/mol. The van der Waals surface area contributed by atoms with Gasteiger partial charge in [-0.25, -0.2) is 9.59 Å². The molecule has 0 saturated heterocycles. The highest BCUT2D eigenvalue weighted by Gasteiger charge is 2.55. The number of carbonyl (C=O) groups excluding carboxylic acids is 1. The smallest absolute Gasteiger partial charge is 0.337 e. The number of aromatic carboxylic acids is 1. The number of carboxylic acid groups (broad SMARTS) is 1. The van der Waals surface area contributed by atoms with Crippen LogP contribution in [0.25, 0.3) is 5.57 Å². The molecule has 0 radical (unpaired) electrons. The minimum atomic E-state index is -0.979. The lowest BCUT2D eigenvalue weighted by molar-refractivity contribution is 0.0597. The molecule has 0 spiro atoms. The Labute approximate surface area is 228 Å². The van der Waals surface area contributed by atoms with Crippen molar-refractivity contribution in [1.29, 1.82) is 0 Å².